The minimum Gasteiger partial charge on any atom is -0.376 e. The number of benzene rings is 1. The molecule has 4 unspecified atom stereocenters. The first-order valence-electron chi connectivity index (χ1n) is 6.56. The molecule has 3 rings (SSSR count). The maximum Gasteiger partial charge on any atom is 0.242 e. The van der Waals surface area contributed by atoms with Gasteiger partial charge in [0.1, 0.15) is 0 Å². The molecule has 0 spiro atoms. The van der Waals surface area contributed by atoms with E-state index in [1.165, 1.54) is 0 Å². The molecule has 1 heterocycles. The average Bonchev–Trinajstić information content (AvgIpc) is 2.80. The molecule has 20 heavy (non-hydrogen) atoms. The van der Waals surface area contributed by atoms with Gasteiger partial charge >= 0.3 is 0 Å². The first-order chi connectivity index (χ1) is 9.40. The number of nitrogens with one attached hydrogen (secondary N) is 1. The van der Waals surface area contributed by atoms with Crippen LogP contribution in [0.1, 0.15) is 12.0 Å². The maximum absolute atomic E-state index is 12.4. The Balaban J connectivity index is 1.82. The highest BCUT2D eigenvalue weighted by molar-refractivity contribution is 9.10. The van der Waals surface area contributed by atoms with E-state index in [4.69, 9.17) is 10.5 Å². The summed E-state index contributed by atoms with van der Waals surface area (Å²) < 4.78 is 33.7. The minimum atomic E-state index is -3.60. The molecule has 0 aromatic heterocycles. The quantitative estimate of drug-likeness (QED) is 0.846. The van der Waals surface area contributed by atoms with Crippen molar-refractivity contribution >= 4 is 26.0 Å². The minimum absolute atomic E-state index is 0.0796. The number of halogens is 1. The van der Waals surface area contributed by atoms with Gasteiger partial charge in [0.25, 0.3) is 0 Å². The van der Waals surface area contributed by atoms with E-state index in [-0.39, 0.29) is 29.0 Å². The number of nitrogens with two attached hydrogens (primary N) is 1. The Morgan fingerprint density at radius 3 is 2.90 bits per heavy atom. The molecule has 1 aliphatic carbocycles. The summed E-state index contributed by atoms with van der Waals surface area (Å²) in [6.45, 7) is 2.57. The molecular formula is C13H17BrN2O3S. The smallest absolute Gasteiger partial charge is 0.242 e. The Bertz CT molecular complexity index is 635. The number of rotatable bonds is 3. The van der Waals surface area contributed by atoms with E-state index in [1.54, 1.807) is 18.2 Å². The van der Waals surface area contributed by atoms with E-state index in [1.807, 2.05) is 6.92 Å². The van der Waals surface area contributed by atoms with Crippen LogP contribution in [0.15, 0.2) is 27.6 Å². The topological polar surface area (TPSA) is 81.4 Å². The van der Waals surface area contributed by atoms with Crippen molar-refractivity contribution in [1.29, 1.82) is 0 Å². The van der Waals surface area contributed by atoms with Gasteiger partial charge in [-0.1, -0.05) is 6.07 Å². The van der Waals surface area contributed by atoms with Gasteiger partial charge in [-0.05, 0) is 47.0 Å². The van der Waals surface area contributed by atoms with Gasteiger partial charge in [0.15, 0.2) is 0 Å². The summed E-state index contributed by atoms with van der Waals surface area (Å²) >= 11 is 3.30. The van der Waals surface area contributed by atoms with Crippen LogP contribution < -0.4 is 10.5 Å². The first-order valence-corrected chi connectivity index (χ1v) is 8.83. The second-order valence-electron chi connectivity index (χ2n) is 5.45. The molecule has 1 saturated carbocycles. The van der Waals surface area contributed by atoms with Gasteiger partial charge in [-0.15, -0.1) is 0 Å². The fourth-order valence-corrected chi connectivity index (χ4v) is 5.43. The molecule has 0 amide bonds. The van der Waals surface area contributed by atoms with Crippen molar-refractivity contribution in [3.8, 4) is 0 Å². The van der Waals surface area contributed by atoms with Gasteiger partial charge in [-0.3, -0.25) is 0 Å². The molecule has 1 saturated heterocycles. The summed E-state index contributed by atoms with van der Waals surface area (Å²) in [5, 5.41) is 0. The number of hydrogen-bond donors (Lipinski definition) is 2. The zero-order valence-electron chi connectivity index (χ0n) is 11.0. The molecule has 0 radical (unpaired) electrons. The Hall–Kier alpha value is -0.470. The third-order valence-corrected chi connectivity index (χ3v) is 6.55. The Morgan fingerprint density at radius 2 is 2.20 bits per heavy atom. The van der Waals surface area contributed by atoms with Crippen LogP contribution in [0.4, 0.5) is 0 Å². The number of hydrogen-bond acceptors (Lipinski definition) is 4. The van der Waals surface area contributed by atoms with Gasteiger partial charge < -0.3 is 10.5 Å². The van der Waals surface area contributed by atoms with Crippen LogP contribution in [0.25, 0.3) is 0 Å². The van der Waals surface area contributed by atoms with E-state index in [9.17, 15) is 8.42 Å². The van der Waals surface area contributed by atoms with Crippen LogP contribution in [0.3, 0.4) is 0 Å². The second-order valence-corrected chi connectivity index (χ2v) is 7.98. The summed E-state index contributed by atoms with van der Waals surface area (Å²) in [5.74, 6) is 0.282. The van der Waals surface area contributed by atoms with Crippen LogP contribution in [0, 0.1) is 12.8 Å². The predicted molar refractivity (Wildman–Crippen MR) is 78.8 cm³/mol. The van der Waals surface area contributed by atoms with Crippen LogP contribution in [0.5, 0.6) is 0 Å². The molecule has 2 fully saturated rings. The number of fused-ring (bicyclic) bond motifs is 1. The third kappa shape index (κ3) is 2.31. The monoisotopic (exact) mass is 360 g/mol. The number of ether oxygens (including phenoxy) is 1. The lowest BCUT2D eigenvalue weighted by Gasteiger charge is -2.45. The zero-order valence-corrected chi connectivity index (χ0v) is 13.4. The van der Waals surface area contributed by atoms with E-state index in [0.29, 0.717) is 11.1 Å². The molecule has 1 aromatic carbocycles. The fourth-order valence-electron chi connectivity index (χ4n) is 2.96. The largest absolute Gasteiger partial charge is 0.376 e. The van der Waals surface area contributed by atoms with E-state index in [0.717, 1.165) is 12.0 Å². The van der Waals surface area contributed by atoms with E-state index >= 15 is 0 Å². The molecule has 4 atom stereocenters. The van der Waals surface area contributed by atoms with Crippen molar-refractivity contribution in [2.75, 3.05) is 6.61 Å². The lowest BCUT2D eigenvalue weighted by atomic mass is 9.73. The summed E-state index contributed by atoms with van der Waals surface area (Å²) in [5.41, 5.74) is 7.03. The lowest BCUT2D eigenvalue weighted by molar-refractivity contribution is -0.00924. The van der Waals surface area contributed by atoms with E-state index in [2.05, 4.69) is 20.7 Å². The molecular weight excluding hydrogens is 344 g/mol. The highest BCUT2D eigenvalue weighted by atomic mass is 79.9. The fraction of sp³-hybridized carbons (Fsp3) is 0.538. The summed E-state index contributed by atoms with van der Waals surface area (Å²) in [6, 6.07) is 4.65. The summed E-state index contributed by atoms with van der Waals surface area (Å²) in [7, 11) is -3.60. The SMILES string of the molecule is Cc1ccc(S(=O)(=O)NC2C(N)C3CCOC32)c(Br)c1. The van der Waals surface area contributed by atoms with Crippen LogP contribution >= 0.6 is 15.9 Å². The van der Waals surface area contributed by atoms with Gasteiger partial charge in [-0.25, -0.2) is 13.1 Å². The predicted octanol–water partition coefficient (Wildman–Crippen LogP) is 1.15. The van der Waals surface area contributed by atoms with Gasteiger partial charge in [0, 0.05) is 23.0 Å². The average molecular weight is 361 g/mol. The standard InChI is InChI=1S/C13H17BrN2O3S/c1-7-2-3-10(9(14)6-7)20(17,18)16-12-11(15)8-4-5-19-13(8)12/h2-3,6,8,11-13,16H,4-5,15H2,1H3. The van der Waals surface area contributed by atoms with Crippen molar-refractivity contribution in [3.63, 3.8) is 0 Å². The summed E-state index contributed by atoms with van der Waals surface area (Å²) in [4.78, 5) is 0.233. The van der Waals surface area contributed by atoms with E-state index < -0.39 is 10.0 Å². The molecule has 3 N–H and O–H groups in total. The van der Waals surface area contributed by atoms with Crippen molar-refractivity contribution in [2.24, 2.45) is 11.7 Å². The van der Waals surface area contributed by atoms with Crippen LogP contribution in [0.2, 0.25) is 0 Å². The number of aryl methyl sites for hydroxylation is 1. The molecule has 1 aliphatic heterocycles. The maximum atomic E-state index is 12.4. The van der Waals surface area contributed by atoms with Crippen molar-refractivity contribution in [3.05, 3.63) is 28.2 Å². The van der Waals surface area contributed by atoms with Crippen molar-refractivity contribution in [1.82, 2.24) is 4.72 Å². The Morgan fingerprint density at radius 1 is 1.45 bits per heavy atom. The molecule has 0 bridgehead atoms. The van der Waals surface area contributed by atoms with Gasteiger partial charge in [0.2, 0.25) is 10.0 Å². The van der Waals surface area contributed by atoms with Crippen LogP contribution in [-0.2, 0) is 14.8 Å². The highest BCUT2D eigenvalue weighted by Gasteiger charge is 2.53. The second kappa shape index (κ2) is 5.06. The van der Waals surface area contributed by atoms with Crippen LogP contribution in [-0.4, -0.2) is 33.2 Å². The Labute approximate surface area is 127 Å². The molecule has 110 valence electrons. The van der Waals surface area contributed by atoms with Crippen molar-refractivity contribution in [2.45, 2.75) is 36.4 Å². The normalized spacial score (nSPS) is 32.8. The highest BCUT2D eigenvalue weighted by Crippen LogP contribution is 2.38. The van der Waals surface area contributed by atoms with Gasteiger partial charge in [-0.2, -0.15) is 0 Å². The lowest BCUT2D eigenvalue weighted by Crippen LogP contribution is -2.68. The Kier molecular flexibility index (Phi) is 3.66. The number of sulfonamides is 1. The molecule has 2 aliphatic rings. The first kappa shape index (κ1) is 14.5. The summed E-state index contributed by atoms with van der Waals surface area (Å²) in [6.07, 6.45) is 0.835. The molecule has 5 nitrogen and oxygen atoms in total. The zero-order chi connectivity index (χ0) is 14.5. The third-order valence-electron chi connectivity index (χ3n) is 4.11. The van der Waals surface area contributed by atoms with Gasteiger partial charge in [0.05, 0.1) is 17.0 Å². The molecule has 7 heteroatoms. The molecule has 1 aromatic rings. The van der Waals surface area contributed by atoms with Crippen molar-refractivity contribution < 1.29 is 13.2 Å².